The van der Waals surface area contributed by atoms with Crippen molar-refractivity contribution in [2.45, 2.75) is 50.8 Å². The summed E-state index contributed by atoms with van der Waals surface area (Å²) in [6, 6.07) is 0. The lowest BCUT2D eigenvalue weighted by Crippen LogP contribution is -2.39. The van der Waals surface area contributed by atoms with Crippen LogP contribution in [0.25, 0.3) is 0 Å². The summed E-state index contributed by atoms with van der Waals surface area (Å²) in [6.07, 6.45) is 3.24. The SMILES string of the molecule is CC(C)SCCCCC(C)(N)CO. The summed E-state index contributed by atoms with van der Waals surface area (Å²) in [5.74, 6) is 1.21. The Morgan fingerprint density at radius 1 is 1.38 bits per heavy atom. The summed E-state index contributed by atoms with van der Waals surface area (Å²) in [4.78, 5) is 0. The number of aliphatic hydroxyl groups excluding tert-OH is 1. The van der Waals surface area contributed by atoms with Crippen molar-refractivity contribution < 1.29 is 5.11 Å². The van der Waals surface area contributed by atoms with E-state index in [0.717, 1.165) is 18.1 Å². The van der Waals surface area contributed by atoms with Crippen molar-refractivity contribution in [2.75, 3.05) is 12.4 Å². The standard InChI is InChI=1S/C10H23NOS/c1-9(2)13-7-5-4-6-10(3,11)8-12/h9,12H,4-8,11H2,1-3H3. The highest BCUT2D eigenvalue weighted by Gasteiger charge is 2.15. The van der Waals surface area contributed by atoms with Crippen molar-refractivity contribution in [1.82, 2.24) is 0 Å². The molecule has 1 unspecified atom stereocenters. The molecule has 1 atom stereocenters. The molecule has 0 spiro atoms. The second-order valence-corrected chi connectivity index (χ2v) is 5.87. The van der Waals surface area contributed by atoms with Gasteiger partial charge in [-0.15, -0.1) is 0 Å². The minimum atomic E-state index is -0.373. The van der Waals surface area contributed by atoms with Gasteiger partial charge in [0.1, 0.15) is 0 Å². The molecule has 0 saturated carbocycles. The minimum absolute atomic E-state index is 0.0876. The Hall–Kier alpha value is 0.270. The average Bonchev–Trinajstić information content (AvgIpc) is 2.03. The largest absolute Gasteiger partial charge is 0.394 e. The molecule has 0 amide bonds. The fraction of sp³-hybridized carbons (Fsp3) is 1.00. The van der Waals surface area contributed by atoms with E-state index in [0.29, 0.717) is 0 Å². The Morgan fingerprint density at radius 3 is 2.46 bits per heavy atom. The number of rotatable bonds is 7. The summed E-state index contributed by atoms with van der Waals surface area (Å²) in [6.45, 7) is 6.42. The van der Waals surface area contributed by atoms with E-state index in [-0.39, 0.29) is 12.1 Å². The van der Waals surface area contributed by atoms with Crippen LogP contribution in [0, 0.1) is 0 Å². The first-order chi connectivity index (χ1) is 5.98. The molecular weight excluding hydrogens is 182 g/mol. The van der Waals surface area contributed by atoms with Gasteiger partial charge in [0.25, 0.3) is 0 Å². The number of aliphatic hydroxyl groups is 1. The predicted octanol–water partition coefficient (Wildman–Crippen LogP) is 2.01. The van der Waals surface area contributed by atoms with Crippen LogP contribution in [-0.2, 0) is 0 Å². The number of unbranched alkanes of at least 4 members (excludes halogenated alkanes) is 1. The Balaban J connectivity index is 3.26. The van der Waals surface area contributed by atoms with E-state index in [9.17, 15) is 0 Å². The highest BCUT2D eigenvalue weighted by atomic mass is 32.2. The van der Waals surface area contributed by atoms with Crippen molar-refractivity contribution in [3.8, 4) is 0 Å². The van der Waals surface area contributed by atoms with Crippen LogP contribution in [0.4, 0.5) is 0 Å². The van der Waals surface area contributed by atoms with Crippen molar-refractivity contribution in [3.05, 3.63) is 0 Å². The Bertz CT molecular complexity index is 126. The first-order valence-electron chi connectivity index (χ1n) is 4.99. The fourth-order valence-corrected chi connectivity index (χ4v) is 1.87. The van der Waals surface area contributed by atoms with Gasteiger partial charge in [-0.1, -0.05) is 20.3 Å². The van der Waals surface area contributed by atoms with Crippen molar-refractivity contribution in [1.29, 1.82) is 0 Å². The van der Waals surface area contributed by atoms with Gasteiger partial charge in [-0.05, 0) is 30.8 Å². The van der Waals surface area contributed by atoms with Gasteiger partial charge in [-0.3, -0.25) is 0 Å². The van der Waals surface area contributed by atoms with Gasteiger partial charge in [0.2, 0.25) is 0 Å². The molecule has 80 valence electrons. The smallest absolute Gasteiger partial charge is 0.0608 e. The van der Waals surface area contributed by atoms with Crippen molar-refractivity contribution >= 4 is 11.8 Å². The molecule has 0 aliphatic heterocycles. The van der Waals surface area contributed by atoms with E-state index in [2.05, 4.69) is 13.8 Å². The van der Waals surface area contributed by atoms with E-state index in [1.165, 1.54) is 12.2 Å². The Morgan fingerprint density at radius 2 is 2.00 bits per heavy atom. The molecular formula is C10H23NOS. The molecule has 0 fully saturated rings. The molecule has 3 heteroatoms. The van der Waals surface area contributed by atoms with Crippen molar-refractivity contribution in [2.24, 2.45) is 5.73 Å². The molecule has 0 aliphatic carbocycles. The zero-order valence-corrected chi connectivity index (χ0v) is 9.86. The van der Waals surface area contributed by atoms with E-state index in [1.807, 2.05) is 18.7 Å². The van der Waals surface area contributed by atoms with Crippen LogP contribution in [0.1, 0.15) is 40.0 Å². The van der Waals surface area contributed by atoms with E-state index < -0.39 is 0 Å². The van der Waals surface area contributed by atoms with Gasteiger partial charge in [-0.25, -0.2) is 0 Å². The number of thioether (sulfide) groups is 1. The third-order valence-electron chi connectivity index (χ3n) is 1.95. The maximum atomic E-state index is 8.91. The third kappa shape index (κ3) is 8.60. The van der Waals surface area contributed by atoms with Crippen molar-refractivity contribution in [3.63, 3.8) is 0 Å². The molecule has 2 nitrogen and oxygen atoms in total. The van der Waals surface area contributed by atoms with Crippen LogP contribution < -0.4 is 5.73 Å². The monoisotopic (exact) mass is 205 g/mol. The molecule has 0 saturated heterocycles. The summed E-state index contributed by atoms with van der Waals surface area (Å²) >= 11 is 1.99. The van der Waals surface area contributed by atoms with E-state index in [1.54, 1.807) is 0 Å². The molecule has 0 heterocycles. The Labute approximate surface area is 86.3 Å². The minimum Gasteiger partial charge on any atom is -0.394 e. The first kappa shape index (κ1) is 13.3. The number of hydrogen-bond acceptors (Lipinski definition) is 3. The van der Waals surface area contributed by atoms with Gasteiger partial charge in [0.05, 0.1) is 6.61 Å². The normalized spacial score (nSPS) is 16.2. The molecule has 0 aromatic heterocycles. The van der Waals surface area contributed by atoms with Crippen LogP contribution in [0.15, 0.2) is 0 Å². The molecule has 0 rings (SSSR count). The van der Waals surface area contributed by atoms with E-state index >= 15 is 0 Å². The zero-order chi connectivity index (χ0) is 10.3. The zero-order valence-electron chi connectivity index (χ0n) is 9.05. The van der Waals surface area contributed by atoms with Crippen LogP contribution >= 0.6 is 11.8 Å². The summed E-state index contributed by atoms with van der Waals surface area (Å²) in [5, 5.41) is 9.63. The highest BCUT2D eigenvalue weighted by Crippen LogP contribution is 2.15. The van der Waals surface area contributed by atoms with Crippen LogP contribution in [0.2, 0.25) is 0 Å². The summed E-state index contributed by atoms with van der Waals surface area (Å²) in [5.41, 5.74) is 5.43. The number of nitrogens with two attached hydrogens (primary N) is 1. The molecule has 3 N–H and O–H groups in total. The lowest BCUT2D eigenvalue weighted by Gasteiger charge is -2.21. The quantitative estimate of drug-likeness (QED) is 0.625. The van der Waals surface area contributed by atoms with Gasteiger partial charge in [0.15, 0.2) is 0 Å². The van der Waals surface area contributed by atoms with E-state index in [4.69, 9.17) is 10.8 Å². The van der Waals surface area contributed by atoms with Gasteiger partial charge >= 0.3 is 0 Å². The fourth-order valence-electron chi connectivity index (χ4n) is 1.03. The second-order valence-electron chi connectivity index (χ2n) is 4.19. The maximum absolute atomic E-state index is 8.91. The molecule has 0 bridgehead atoms. The third-order valence-corrected chi connectivity index (χ3v) is 3.15. The van der Waals surface area contributed by atoms with Crippen LogP contribution in [0.5, 0.6) is 0 Å². The summed E-state index contributed by atoms with van der Waals surface area (Å²) in [7, 11) is 0. The van der Waals surface area contributed by atoms with Gasteiger partial charge < -0.3 is 10.8 Å². The molecule has 0 aromatic carbocycles. The topological polar surface area (TPSA) is 46.2 Å². The molecule has 0 aliphatic rings. The lowest BCUT2D eigenvalue weighted by atomic mass is 9.98. The van der Waals surface area contributed by atoms with Crippen LogP contribution in [-0.4, -0.2) is 28.3 Å². The Kier molecular flexibility index (Phi) is 6.82. The average molecular weight is 205 g/mol. The summed E-state index contributed by atoms with van der Waals surface area (Å²) < 4.78 is 0. The van der Waals surface area contributed by atoms with Gasteiger partial charge in [0, 0.05) is 5.54 Å². The van der Waals surface area contributed by atoms with Crippen LogP contribution in [0.3, 0.4) is 0 Å². The molecule has 0 radical (unpaired) electrons. The number of hydrogen-bond donors (Lipinski definition) is 2. The molecule has 13 heavy (non-hydrogen) atoms. The second kappa shape index (κ2) is 6.68. The molecule has 0 aromatic rings. The first-order valence-corrected chi connectivity index (χ1v) is 6.04. The highest BCUT2D eigenvalue weighted by molar-refractivity contribution is 7.99. The lowest BCUT2D eigenvalue weighted by molar-refractivity contribution is 0.198. The van der Waals surface area contributed by atoms with Gasteiger partial charge in [-0.2, -0.15) is 11.8 Å². The maximum Gasteiger partial charge on any atom is 0.0608 e. The predicted molar refractivity (Wildman–Crippen MR) is 61.1 cm³/mol.